The molecule has 11 aliphatic carbocycles. The molecule has 0 amide bonds. The first kappa shape index (κ1) is 66.1. The molecular formula is C85H92N4O14S2+2. The Bertz CT molecular complexity index is 6030. The van der Waals surface area contributed by atoms with E-state index >= 15 is 19.2 Å². The van der Waals surface area contributed by atoms with Crippen LogP contribution in [0.1, 0.15) is 140 Å². The Hall–Kier alpha value is -7.14. The van der Waals surface area contributed by atoms with Crippen LogP contribution < -0.4 is 0 Å². The second-order valence-electron chi connectivity index (χ2n) is 37.0. The SMILES string of the molecule is CCC[N+](C)(C)CCCCOC(=O)C1(C(=O)OCCCC[N+](C)(C)CCS(=O)(=O)[O-])C23CCc4cc5cc6c7c8c9c%10c%11c%12c%13c(cc%14ccc2c2c%15c%16c%17c(c4C%1613)c5c7c9c%17c%11c%15c%13c%142)C=C1CC2CC8(C=C6)C23C(C(=O)OCCCC[N+](C)(C)CCS(=O)(=O)[O-])(C(=O)OCC[N+](C)(C)CCC)C%103C1%12. The number of unbranched alkanes of at least 4 members (excludes halogenated alkanes) is 3. The Morgan fingerprint density at radius 2 is 1.01 bits per heavy atom. The van der Waals surface area contributed by atoms with E-state index in [1.54, 1.807) is 0 Å². The summed E-state index contributed by atoms with van der Waals surface area (Å²) in [5.74, 6) is -3.59. The Morgan fingerprint density at radius 3 is 1.62 bits per heavy atom. The number of rotatable bonds is 32. The molecule has 11 aliphatic rings. The van der Waals surface area contributed by atoms with E-state index in [4.69, 9.17) is 18.9 Å². The van der Waals surface area contributed by atoms with Gasteiger partial charge < -0.3 is 46.0 Å². The van der Waals surface area contributed by atoms with Crippen molar-refractivity contribution in [1.29, 1.82) is 0 Å². The van der Waals surface area contributed by atoms with Crippen LogP contribution in [0.25, 0.3) is 109 Å². The second kappa shape index (κ2) is 20.0. The van der Waals surface area contributed by atoms with Crippen LogP contribution in [0.15, 0.2) is 42.0 Å². The molecule has 9 atom stereocenters. The highest BCUT2D eigenvalue weighted by Gasteiger charge is 3.08. The molecule has 9 unspecified atom stereocenters. The summed E-state index contributed by atoms with van der Waals surface area (Å²) >= 11 is 0. The van der Waals surface area contributed by atoms with Crippen molar-refractivity contribution in [2.45, 2.75) is 118 Å². The van der Waals surface area contributed by atoms with E-state index in [2.05, 4.69) is 90.6 Å². The number of hydrogen-bond acceptors (Lipinski definition) is 14. The third-order valence-corrected chi connectivity index (χ3v) is 31.6. The minimum absolute atomic E-state index is 0.0189. The Labute approximate surface area is 611 Å². The van der Waals surface area contributed by atoms with Crippen molar-refractivity contribution >= 4 is 153 Å². The highest BCUT2D eigenvalue weighted by atomic mass is 32.2. The van der Waals surface area contributed by atoms with Crippen LogP contribution in [0.3, 0.4) is 0 Å². The average Bonchev–Trinajstić information content (AvgIpc) is 1.35. The summed E-state index contributed by atoms with van der Waals surface area (Å²) in [7, 11) is 7.57. The number of likely N-dealkylation sites (N-methyl/N-ethyl adjacent to an activating group) is 1. The highest BCUT2D eigenvalue weighted by Crippen LogP contribution is 3.04. The predicted octanol–water partition coefficient (Wildman–Crippen LogP) is 11.2. The minimum Gasteiger partial charge on any atom is -0.748 e. The van der Waals surface area contributed by atoms with Gasteiger partial charge in [0, 0.05) is 27.6 Å². The quantitative estimate of drug-likeness (QED) is 0.00560. The Kier molecular flexibility index (Phi) is 12.6. The molecule has 0 N–H and O–H groups in total. The molecule has 4 spiro atoms. The van der Waals surface area contributed by atoms with Gasteiger partial charge >= 0.3 is 23.9 Å². The molecule has 0 aliphatic heterocycles. The average molecular weight is 1460 g/mol. The van der Waals surface area contributed by atoms with Gasteiger partial charge in [-0.15, -0.1) is 0 Å². The maximum absolute atomic E-state index is 17.1. The van der Waals surface area contributed by atoms with Gasteiger partial charge in [0.15, 0.2) is 10.8 Å². The lowest BCUT2D eigenvalue weighted by atomic mass is 9.38. The zero-order chi connectivity index (χ0) is 73.0. The van der Waals surface area contributed by atoms with Gasteiger partial charge in [-0.05, 0) is 242 Å². The van der Waals surface area contributed by atoms with Crippen molar-refractivity contribution in [3.05, 3.63) is 92.1 Å². The van der Waals surface area contributed by atoms with E-state index < -0.39 is 93.5 Å². The number of carbonyl (C=O) groups is 4. The fourth-order valence-corrected chi connectivity index (χ4v) is 28.6. The fourth-order valence-electron chi connectivity index (χ4n) is 27.2. The van der Waals surface area contributed by atoms with Crippen LogP contribution in [-0.2, 0) is 86.4 Å². The molecule has 4 saturated carbocycles. The van der Waals surface area contributed by atoms with Crippen LogP contribution in [-0.4, -0.2) is 214 Å². The molecule has 105 heavy (non-hydrogen) atoms. The van der Waals surface area contributed by atoms with Crippen LogP contribution in [0.2, 0.25) is 0 Å². The number of esters is 4. The zero-order valence-electron chi connectivity index (χ0n) is 62.0. The summed E-state index contributed by atoms with van der Waals surface area (Å²) in [5, 5.41) is 20.3. The van der Waals surface area contributed by atoms with Gasteiger partial charge in [0.1, 0.15) is 33.4 Å². The fraction of sp³-hybridized carbons (Fsp3) is 0.529. The standard InChI is InChI=1S/C85H92N4O14S2/c1-11-25-86(3,4)27-13-16-33-100-75(90)83(76(91)101-34-17-14-28-88(7,8)31-37-104(94,95)96)80-24-22-47-41-48-40-46-21-23-79-44-51-43-50-42-49-39-45-19-20-52(80)57-53(45)58-54(49)65-68-61-60(58)66(57)73-67-62(61)63-59(55(48)64(67)70(47)81(73,80)83)56(46)72(79)69(63)74(68)82(71(50)65)84(85(51,79)82,78(93)103-36-30-87(5,6)26-12-2)77(92)102-35-18-15-29-89(9,10)32-38-105(97,98)99/h19-21,23,39-42,51,71H,11-18,22,24-38,43-44H2,1-10H3/q+2. The smallest absolute Gasteiger partial charge is 0.325 e. The first-order chi connectivity index (χ1) is 49.8. The van der Waals surface area contributed by atoms with Crippen LogP contribution in [0.5, 0.6) is 0 Å². The number of quaternary nitrogens is 4. The normalized spacial score (nSPS) is 28.3. The predicted molar refractivity (Wildman–Crippen MR) is 402 cm³/mol. The lowest BCUT2D eigenvalue weighted by Gasteiger charge is -2.64. The molecule has 546 valence electrons. The maximum Gasteiger partial charge on any atom is 0.325 e. The maximum atomic E-state index is 17.1. The Morgan fingerprint density at radius 1 is 0.495 bits per heavy atom. The molecule has 0 saturated heterocycles. The second-order valence-corrected chi connectivity index (χ2v) is 40.0. The van der Waals surface area contributed by atoms with E-state index in [0.29, 0.717) is 84.4 Å². The summed E-state index contributed by atoms with van der Waals surface area (Å²) in [4.78, 5) is 68.3. The number of aryl methyl sites for hydroxylation is 1. The summed E-state index contributed by atoms with van der Waals surface area (Å²) in [6.45, 7) is 9.42. The monoisotopic (exact) mass is 1460 g/mol. The third-order valence-electron chi connectivity index (χ3n) is 30.2. The topological polar surface area (TPSA) is 220 Å². The van der Waals surface area contributed by atoms with Crippen LogP contribution in [0, 0.1) is 22.2 Å². The van der Waals surface area contributed by atoms with E-state index in [9.17, 15) is 25.9 Å². The van der Waals surface area contributed by atoms with Crippen molar-refractivity contribution in [2.24, 2.45) is 22.2 Å². The van der Waals surface area contributed by atoms with Crippen LogP contribution >= 0.6 is 0 Å². The molecule has 18 nitrogen and oxygen atoms in total. The molecule has 4 fully saturated rings. The third kappa shape index (κ3) is 7.04. The van der Waals surface area contributed by atoms with Crippen molar-refractivity contribution in [3.63, 3.8) is 0 Å². The lowest BCUT2D eigenvalue weighted by Crippen LogP contribution is -2.62. The van der Waals surface area contributed by atoms with E-state index in [-0.39, 0.29) is 51.4 Å². The van der Waals surface area contributed by atoms with Crippen molar-refractivity contribution < 1.29 is 82.0 Å². The number of benzene rings is 8. The van der Waals surface area contributed by atoms with E-state index in [0.717, 1.165) is 175 Å². The number of carbonyl (C=O) groups excluding carboxylic acids is 4. The van der Waals surface area contributed by atoms with Gasteiger partial charge in [-0.3, -0.25) is 19.2 Å². The zero-order valence-corrected chi connectivity index (χ0v) is 63.6. The first-order valence-corrected chi connectivity index (χ1v) is 42.1. The van der Waals surface area contributed by atoms with Crippen molar-refractivity contribution in [1.82, 2.24) is 0 Å². The van der Waals surface area contributed by atoms with Crippen molar-refractivity contribution in [3.8, 4) is 0 Å². The number of ether oxygens (including phenoxy) is 4. The van der Waals surface area contributed by atoms with E-state index in [1.807, 2.05) is 28.2 Å². The molecule has 21 rings (SSSR count). The molecular weight excluding hydrogens is 1370 g/mol. The number of allylic oxidation sites excluding steroid dienone is 2. The largest absolute Gasteiger partial charge is 0.748 e. The molecule has 10 aromatic carbocycles. The van der Waals surface area contributed by atoms with Crippen LogP contribution in [0.4, 0.5) is 0 Å². The summed E-state index contributed by atoms with van der Waals surface area (Å²) in [6.07, 6.45) is 15.2. The van der Waals surface area contributed by atoms with Gasteiger partial charge in [0.05, 0.1) is 139 Å². The van der Waals surface area contributed by atoms with Gasteiger partial charge in [-0.2, -0.15) is 0 Å². The summed E-state index contributed by atoms with van der Waals surface area (Å²) in [6, 6.07) is 11.7. The molecule has 0 aromatic heterocycles. The minimum atomic E-state index is -4.43. The lowest BCUT2D eigenvalue weighted by molar-refractivity contribution is -0.890. The summed E-state index contributed by atoms with van der Waals surface area (Å²) < 4.78 is 100. The molecule has 10 aromatic rings. The van der Waals surface area contributed by atoms with Gasteiger partial charge in [0.25, 0.3) is 0 Å². The van der Waals surface area contributed by atoms with Gasteiger partial charge in [-0.25, -0.2) is 16.8 Å². The number of hydrogen-bond donors (Lipinski definition) is 0. The molecule has 0 radical (unpaired) electrons. The highest BCUT2D eigenvalue weighted by molar-refractivity contribution is 7.85. The van der Waals surface area contributed by atoms with Crippen molar-refractivity contribution in [2.75, 3.05) is 147 Å². The first-order valence-electron chi connectivity index (χ1n) is 38.9. The molecule has 0 bridgehead atoms. The molecule has 20 heteroatoms. The van der Waals surface area contributed by atoms with Gasteiger partial charge in [0.2, 0.25) is 0 Å². The number of nitrogens with zero attached hydrogens (tertiary/aromatic N) is 4. The Balaban J connectivity index is 0.810. The summed E-state index contributed by atoms with van der Waals surface area (Å²) in [5.41, 5.74) is 2.24. The van der Waals surface area contributed by atoms with E-state index in [1.165, 1.54) is 27.5 Å². The molecule has 0 heterocycles. The van der Waals surface area contributed by atoms with Gasteiger partial charge in [-0.1, -0.05) is 55.8 Å².